The minimum atomic E-state index is -1.49. The first kappa shape index (κ1) is 71.1. The number of nitrogens with one attached hydrogen (secondary N) is 1. The van der Waals surface area contributed by atoms with Crippen molar-refractivity contribution in [2.75, 3.05) is 13.1 Å². The van der Waals surface area contributed by atoms with E-state index in [1.165, 1.54) is 32.1 Å². The minimum Gasteiger partial charge on any atom is -0.459 e. The molecule has 0 aliphatic carbocycles. The molecule has 0 aromatic carbocycles. The van der Waals surface area contributed by atoms with Gasteiger partial charge in [0, 0.05) is 73.4 Å². The fraction of sp³-hybridized carbons (Fsp3) is 0.789. The second-order valence-corrected chi connectivity index (χ2v) is 22.1. The van der Waals surface area contributed by atoms with E-state index in [9.17, 15) is 81.1 Å². The number of aliphatic hydroxyl groups excluding tert-OH is 14. The molecule has 22 atom stereocenters. The SMILES string of the molecule is CC1=CCCC(C)C(O)C(C)C(O)CCC=CC(C)C(O)C=CC(C)C(O)C(C)=CC(O)C(O)CC(O)CC(O)CC(O)C(C)C(O)C(C)C(O)CC(O)CC(O)C=CCC(O)C(C)C(CCC(=O)NCCN)OC1=O. The van der Waals surface area contributed by atoms with Gasteiger partial charge in [-0.15, -0.1) is 0 Å². The van der Waals surface area contributed by atoms with Crippen LogP contribution in [0.5, 0.6) is 0 Å². The maximum absolute atomic E-state index is 13.4. The summed E-state index contributed by atoms with van der Waals surface area (Å²) in [6.45, 7) is 15.5. The van der Waals surface area contributed by atoms with Gasteiger partial charge >= 0.3 is 5.97 Å². The number of cyclic esters (lactones) is 1. The predicted molar refractivity (Wildman–Crippen MR) is 291 cm³/mol. The molecule has 1 amide bonds. The van der Waals surface area contributed by atoms with Gasteiger partial charge in [-0.3, -0.25) is 4.79 Å². The Labute approximate surface area is 452 Å². The summed E-state index contributed by atoms with van der Waals surface area (Å²) in [5.74, 6) is -4.96. The number of ether oxygens (including phenoxy) is 1. The highest BCUT2D eigenvalue weighted by Crippen LogP contribution is 2.28. The van der Waals surface area contributed by atoms with Gasteiger partial charge in [0.1, 0.15) is 6.10 Å². The number of hydrogen-bond acceptors (Lipinski definition) is 18. The maximum atomic E-state index is 13.4. The molecule has 0 spiro atoms. The molecular formula is C57H102N2O17. The van der Waals surface area contributed by atoms with Crippen LogP contribution in [0.4, 0.5) is 0 Å². The van der Waals surface area contributed by atoms with Crippen molar-refractivity contribution >= 4 is 11.9 Å². The Morgan fingerprint density at radius 3 is 1.76 bits per heavy atom. The van der Waals surface area contributed by atoms with E-state index in [-0.39, 0.29) is 87.8 Å². The van der Waals surface area contributed by atoms with Gasteiger partial charge in [0.15, 0.2) is 0 Å². The highest BCUT2D eigenvalue weighted by molar-refractivity contribution is 5.87. The van der Waals surface area contributed by atoms with Crippen molar-refractivity contribution < 1.29 is 85.8 Å². The summed E-state index contributed by atoms with van der Waals surface area (Å²) < 4.78 is 5.88. The van der Waals surface area contributed by atoms with Crippen molar-refractivity contribution in [2.24, 2.45) is 47.2 Å². The molecule has 1 rings (SSSR count). The summed E-state index contributed by atoms with van der Waals surface area (Å²) in [4.78, 5) is 25.9. The fourth-order valence-electron chi connectivity index (χ4n) is 9.35. The van der Waals surface area contributed by atoms with E-state index < -0.39 is 127 Å². The molecule has 0 radical (unpaired) electrons. The average Bonchev–Trinajstić information content (AvgIpc) is 3.36. The minimum absolute atomic E-state index is 0.00902. The number of amides is 1. The van der Waals surface area contributed by atoms with Gasteiger partial charge in [0.25, 0.3) is 0 Å². The number of nitrogens with two attached hydrogens (primary N) is 1. The van der Waals surface area contributed by atoms with Gasteiger partial charge in [-0.1, -0.05) is 97.1 Å². The molecule has 0 saturated carbocycles. The zero-order chi connectivity index (χ0) is 58.0. The third-order valence-electron chi connectivity index (χ3n) is 15.3. The van der Waals surface area contributed by atoms with Crippen LogP contribution in [0.15, 0.2) is 59.8 Å². The Bertz CT molecular complexity index is 1780. The second-order valence-electron chi connectivity index (χ2n) is 22.1. The van der Waals surface area contributed by atoms with E-state index in [1.54, 1.807) is 52.8 Å². The molecule has 22 unspecified atom stereocenters. The van der Waals surface area contributed by atoms with E-state index in [2.05, 4.69) is 5.32 Å². The van der Waals surface area contributed by atoms with E-state index in [0.717, 1.165) is 0 Å². The molecule has 76 heavy (non-hydrogen) atoms. The van der Waals surface area contributed by atoms with Crippen molar-refractivity contribution in [1.29, 1.82) is 0 Å². The predicted octanol–water partition coefficient (Wildman–Crippen LogP) is 1.73. The van der Waals surface area contributed by atoms with Crippen LogP contribution in [0.1, 0.15) is 139 Å². The fourth-order valence-corrected chi connectivity index (χ4v) is 9.35. The van der Waals surface area contributed by atoms with Crippen LogP contribution in [0.25, 0.3) is 0 Å². The van der Waals surface area contributed by atoms with Crippen LogP contribution in [0.2, 0.25) is 0 Å². The molecule has 19 heteroatoms. The number of aliphatic hydroxyl groups is 14. The number of esters is 1. The van der Waals surface area contributed by atoms with Crippen molar-refractivity contribution in [1.82, 2.24) is 5.32 Å². The summed E-state index contributed by atoms with van der Waals surface area (Å²) in [5, 5.41) is 155. The summed E-state index contributed by atoms with van der Waals surface area (Å²) >= 11 is 0. The van der Waals surface area contributed by atoms with Crippen molar-refractivity contribution in [2.45, 2.75) is 231 Å². The second kappa shape index (κ2) is 37.1. The standard InChI is InChI=1S/C57H102N2O17/c1-32-14-10-11-18-47(66)38(7)55(73)33(2)15-12-16-35(4)57(75)76-52(22-23-53(71)59-25-24-58)37(6)46(65)19-13-17-41(60)27-42(61)29-48(67)39(8)56(74)40(9)49(68)30-43(62)28-44(63)31-51(70)50(69)26-36(5)54(72)34(3)20-21-45(32)64/h10,13-14,16-17,20-21,26,32-34,37-52,54-56,60-70,72-74H,11-12,15,18-19,22-25,27-31,58H2,1-9H3,(H,59,71). The summed E-state index contributed by atoms with van der Waals surface area (Å²) in [5.41, 5.74) is 6.14. The van der Waals surface area contributed by atoms with Crippen LogP contribution in [-0.2, 0) is 14.3 Å². The van der Waals surface area contributed by atoms with Gasteiger partial charge in [-0.05, 0) is 83.1 Å². The molecule has 1 aliphatic heterocycles. The van der Waals surface area contributed by atoms with E-state index in [1.807, 2.05) is 26.0 Å². The van der Waals surface area contributed by atoms with Crippen LogP contribution in [0.3, 0.4) is 0 Å². The topological polar surface area (TPSA) is 365 Å². The monoisotopic (exact) mass is 1090 g/mol. The van der Waals surface area contributed by atoms with Gasteiger partial charge in [0.2, 0.25) is 5.91 Å². The first-order valence-electron chi connectivity index (χ1n) is 27.6. The molecule has 0 aromatic rings. The Balaban J connectivity index is 3.33. The molecule has 1 heterocycles. The first-order chi connectivity index (χ1) is 35.5. The molecule has 0 aromatic heterocycles. The lowest BCUT2D eigenvalue weighted by Crippen LogP contribution is -2.41. The largest absolute Gasteiger partial charge is 0.459 e. The number of allylic oxidation sites excluding steroid dienone is 2. The molecule has 1 aliphatic rings. The number of hydrogen-bond donors (Lipinski definition) is 16. The number of carbonyl (C=O) groups excluding carboxylic acids is 2. The lowest BCUT2D eigenvalue weighted by atomic mass is 9.82. The van der Waals surface area contributed by atoms with Crippen LogP contribution in [0, 0.1) is 41.4 Å². The molecule has 442 valence electrons. The van der Waals surface area contributed by atoms with Crippen molar-refractivity contribution in [3.8, 4) is 0 Å². The Morgan fingerprint density at radius 1 is 0.605 bits per heavy atom. The van der Waals surface area contributed by atoms with E-state index in [0.29, 0.717) is 31.3 Å². The Kier molecular flexibility index (Phi) is 34.7. The van der Waals surface area contributed by atoms with E-state index in [4.69, 9.17) is 10.5 Å². The first-order valence-corrected chi connectivity index (χ1v) is 27.6. The normalized spacial score (nSPS) is 39.7. The van der Waals surface area contributed by atoms with Crippen molar-refractivity contribution in [3.63, 3.8) is 0 Å². The number of carbonyl (C=O) groups is 2. The highest BCUT2D eigenvalue weighted by Gasteiger charge is 2.34. The van der Waals surface area contributed by atoms with Gasteiger partial charge in [-0.25, -0.2) is 4.79 Å². The summed E-state index contributed by atoms with van der Waals surface area (Å²) in [6, 6.07) is 0. The molecule has 0 saturated heterocycles. The lowest BCUT2D eigenvalue weighted by Gasteiger charge is -2.33. The van der Waals surface area contributed by atoms with Crippen LogP contribution in [-0.4, -0.2) is 188 Å². The molecule has 19 nitrogen and oxygen atoms in total. The smallest absolute Gasteiger partial charge is 0.333 e. The van der Waals surface area contributed by atoms with Crippen LogP contribution < -0.4 is 11.1 Å². The molecule has 17 N–H and O–H groups in total. The highest BCUT2D eigenvalue weighted by atomic mass is 16.5. The van der Waals surface area contributed by atoms with Gasteiger partial charge in [-0.2, -0.15) is 0 Å². The van der Waals surface area contributed by atoms with Gasteiger partial charge < -0.3 is 87.3 Å². The molecule has 0 fully saturated rings. The Morgan fingerprint density at radius 2 is 1.17 bits per heavy atom. The zero-order valence-electron chi connectivity index (χ0n) is 46.8. The average molecular weight is 1090 g/mol. The molecular weight excluding hydrogens is 985 g/mol. The summed E-state index contributed by atoms with van der Waals surface area (Å²) in [7, 11) is 0. The Hall–Kier alpha value is -2.96. The summed E-state index contributed by atoms with van der Waals surface area (Å²) in [6.07, 6.45) is -4.46. The van der Waals surface area contributed by atoms with Crippen molar-refractivity contribution in [3.05, 3.63) is 59.8 Å². The third-order valence-corrected chi connectivity index (χ3v) is 15.3. The number of rotatable bonds is 5. The third kappa shape index (κ3) is 26.8. The molecule has 0 bridgehead atoms. The van der Waals surface area contributed by atoms with Gasteiger partial charge in [0.05, 0.1) is 85.5 Å². The van der Waals surface area contributed by atoms with Crippen LogP contribution >= 0.6 is 0 Å². The quantitative estimate of drug-likeness (QED) is 0.138. The van der Waals surface area contributed by atoms with E-state index >= 15 is 0 Å². The maximum Gasteiger partial charge on any atom is 0.333 e. The zero-order valence-corrected chi connectivity index (χ0v) is 46.8. The lowest BCUT2D eigenvalue weighted by molar-refractivity contribution is -0.150.